The molecule has 4 rings (SSSR count). The Morgan fingerprint density at radius 2 is 1.70 bits per heavy atom. The van der Waals surface area contributed by atoms with Gasteiger partial charge in [0, 0.05) is 29.8 Å². The van der Waals surface area contributed by atoms with Crippen molar-refractivity contribution in [1.82, 2.24) is 10.2 Å². The Morgan fingerprint density at radius 3 is 2.27 bits per heavy atom. The minimum Gasteiger partial charge on any atom is -0.344 e. The first kappa shape index (κ1) is 21.1. The van der Waals surface area contributed by atoms with E-state index in [4.69, 9.17) is 0 Å². The predicted molar refractivity (Wildman–Crippen MR) is 121 cm³/mol. The second-order valence-corrected chi connectivity index (χ2v) is 9.79. The van der Waals surface area contributed by atoms with Gasteiger partial charge in [-0.2, -0.15) is 0 Å². The molecule has 0 radical (unpaired) electrons. The van der Waals surface area contributed by atoms with Crippen molar-refractivity contribution >= 4 is 23.2 Å². The number of rotatable bonds is 7. The maximum atomic E-state index is 13.1. The zero-order chi connectivity index (χ0) is 21.1. The van der Waals surface area contributed by atoms with Crippen molar-refractivity contribution in [1.29, 1.82) is 0 Å². The molecule has 2 fully saturated rings. The van der Waals surface area contributed by atoms with Gasteiger partial charge in [0.15, 0.2) is 0 Å². The summed E-state index contributed by atoms with van der Waals surface area (Å²) in [5.74, 6) is 1.19. The van der Waals surface area contributed by atoms with Gasteiger partial charge in [0.2, 0.25) is 11.8 Å². The van der Waals surface area contributed by atoms with Crippen LogP contribution in [0.25, 0.3) is 0 Å². The molecule has 1 aliphatic heterocycles. The number of carbonyl (C=O) groups excluding carboxylic acids is 2. The molecule has 4 nitrogen and oxygen atoms in total. The van der Waals surface area contributed by atoms with Crippen molar-refractivity contribution in [3.63, 3.8) is 0 Å². The SMILES string of the molecule is CCC(C)c1ccc(C(NC(=O)C2CCN(C(=O)C3CC3)CC2)c2cccs2)cc1. The number of likely N-dealkylation sites (tertiary alicyclic amines) is 1. The molecule has 5 heteroatoms. The van der Waals surface area contributed by atoms with Crippen LogP contribution < -0.4 is 5.32 Å². The number of benzene rings is 1. The molecule has 0 bridgehead atoms. The summed E-state index contributed by atoms with van der Waals surface area (Å²) in [6.07, 6.45) is 4.71. The number of carbonyl (C=O) groups is 2. The quantitative estimate of drug-likeness (QED) is 0.671. The number of thiophene rings is 1. The highest BCUT2D eigenvalue weighted by Gasteiger charge is 2.36. The Bertz CT molecular complexity index is 850. The van der Waals surface area contributed by atoms with Crippen molar-refractivity contribution in [2.24, 2.45) is 11.8 Å². The van der Waals surface area contributed by atoms with Crippen LogP contribution in [0.4, 0.5) is 0 Å². The van der Waals surface area contributed by atoms with Gasteiger partial charge in [-0.3, -0.25) is 9.59 Å². The summed E-state index contributed by atoms with van der Waals surface area (Å²) in [7, 11) is 0. The Balaban J connectivity index is 1.42. The van der Waals surface area contributed by atoms with E-state index in [9.17, 15) is 9.59 Å². The summed E-state index contributed by atoms with van der Waals surface area (Å²) in [5.41, 5.74) is 2.46. The van der Waals surface area contributed by atoms with Gasteiger partial charge in [-0.05, 0) is 60.6 Å². The van der Waals surface area contributed by atoms with Crippen molar-refractivity contribution in [3.05, 3.63) is 57.8 Å². The second-order valence-electron chi connectivity index (χ2n) is 8.81. The van der Waals surface area contributed by atoms with Crippen molar-refractivity contribution in [2.45, 2.75) is 57.9 Å². The molecule has 160 valence electrons. The molecule has 2 unspecified atom stereocenters. The van der Waals surface area contributed by atoms with E-state index < -0.39 is 0 Å². The molecule has 1 aromatic heterocycles. The molecule has 2 aromatic rings. The molecule has 1 saturated heterocycles. The van der Waals surface area contributed by atoms with Crippen molar-refractivity contribution in [2.75, 3.05) is 13.1 Å². The van der Waals surface area contributed by atoms with Gasteiger partial charge in [-0.25, -0.2) is 0 Å². The zero-order valence-electron chi connectivity index (χ0n) is 18.0. The van der Waals surface area contributed by atoms with E-state index in [0.717, 1.165) is 42.5 Å². The molecule has 1 aliphatic carbocycles. The molecular formula is C25H32N2O2S. The average molecular weight is 425 g/mol. The van der Waals surface area contributed by atoms with Crippen LogP contribution in [0.5, 0.6) is 0 Å². The fraction of sp³-hybridized carbons (Fsp3) is 0.520. The van der Waals surface area contributed by atoms with Crippen molar-refractivity contribution < 1.29 is 9.59 Å². The van der Waals surface area contributed by atoms with E-state index in [1.807, 2.05) is 11.0 Å². The summed E-state index contributed by atoms with van der Waals surface area (Å²) >= 11 is 1.68. The largest absolute Gasteiger partial charge is 0.344 e. The average Bonchev–Trinajstić information content (AvgIpc) is 3.51. The van der Waals surface area contributed by atoms with E-state index in [0.29, 0.717) is 24.9 Å². The minimum atomic E-state index is -0.116. The van der Waals surface area contributed by atoms with Crippen LogP contribution in [0, 0.1) is 11.8 Å². The Morgan fingerprint density at radius 1 is 1.03 bits per heavy atom. The summed E-state index contributed by atoms with van der Waals surface area (Å²) in [6.45, 7) is 5.87. The highest BCUT2D eigenvalue weighted by atomic mass is 32.1. The van der Waals surface area contributed by atoms with Crippen LogP contribution in [0.3, 0.4) is 0 Å². The molecule has 1 saturated carbocycles. The summed E-state index contributed by atoms with van der Waals surface area (Å²) in [5, 5.41) is 5.37. The van der Waals surface area contributed by atoms with Gasteiger partial charge in [0.1, 0.15) is 0 Å². The maximum absolute atomic E-state index is 13.1. The first-order valence-corrected chi connectivity index (χ1v) is 12.2. The standard InChI is InChI=1S/C25H32N2O2S/c1-3-17(2)18-6-8-19(9-7-18)23(22-5-4-16-30-22)26-24(28)20-12-14-27(15-13-20)25(29)21-10-11-21/h4-9,16-17,20-21,23H,3,10-15H2,1-2H3,(H,26,28). The Kier molecular flexibility index (Phi) is 6.57. The monoisotopic (exact) mass is 424 g/mol. The van der Waals surface area contributed by atoms with Crippen LogP contribution in [-0.2, 0) is 9.59 Å². The van der Waals surface area contributed by atoms with Crippen LogP contribution in [0.2, 0.25) is 0 Å². The van der Waals surface area contributed by atoms with Gasteiger partial charge >= 0.3 is 0 Å². The van der Waals surface area contributed by atoms with Crippen LogP contribution >= 0.6 is 11.3 Å². The number of hydrogen-bond acceptors (Lipinski definition) is 3. The maximum Gasteiger partial charge on any atom is 0.225 e. The summed E-state index contributed by atoms with van der Waals surface area (Å²) in [4.78, 5) is 28.5. The van der Waals surface area contributed by atoms with Gasteiger partial charge in [0.05, 0.1) is 6.04 Å². The fourth-order valence-electron chi connectivity index (χ4n) is 4.24. The lowest BCUT2D eigenvalue weighted by Gasteiger charge is -2.32. The molecule has 2 amide bonds. The van der Waals surface area contributed by atoms with Gasteiger partial charge in [-0.15, -0.1) is 11.3 Å². The van der Waals surface area contributed by atoms with E-state index in [2.05, 4.69) is 54.9 Å². The number of nitrogens with one attached hydrogen (secondary N) is 1. The molecule has 0 spiro atoms. The first-order valence-electron chi connectivity index (χ1n) is 11.3. The molecule has 2 atom stereocenters. The first-order chi connectivity index (χ1) is 14.6. The van der Waals surface area contributed by atoms with E-state index in [-0.39, 0.29) is 23.8 Å². The number of hydrogen-bond donors (Lipinski definition) is 1. The fourth-order valence-corrected chi connectivity index (χ4v) is 5.04. The normalized spacial score (nSPS) is 19.3. The molecule has 30 heavy (non-hydrogen) atoms. The van der Waals surface area contributed by atoms with Crippen molar-refractivity contribution in [3.8, 4) is 0 Å². The molecule has 2 aliphatic rings. The van der Waals surface area contributed by atoms with Crippen LogP contribution in [0.15, 0.2) is 41.8 Å². The van der Waals surface area contributed by atoms with E-state index in [1.54, 1.807) is 11.3 Å². The third-order valence-corrected chi connectivity index (χ3v) is 7.61. The van der Waals surface area contributed by atoms with E-state index in [1.165, 1.54) is 5.56 Å². The number of amides is 2. The van der Waals surface area contributed by atoms with E-state index >= 15 is 0 Å². The number of piperidine rings is 1. The van der Waals surface area contributed by atoms with Gasteiger partial charge in [0.25, 0.3) is 0 Å². The smallest absolute Gasteiger partial charge is 0.225 e. The molecular weight excluding hydrogens is 392 g/mol. The highest BCUT2D eigenvalue weighted by Crippen LogP contribution is 2.33. The third kappa shape index (κ3) is 4.77. The second kappa shape index (κ2) is 9.34. The third-order valence-electron chi connectivity index (χ3n) is 6.67. The van der Waals surface area contributed by atoms with Gasteiger partial charge in [-0.1, -0.05) is 44.2 Å². The molecule has 2 heterocycles. The van der Waals surface area contributed by atoms with Gasteiger partial charge < -0.3 is 10.2 Å². The number of nitrogens with zero attached hydrogens (tertiary/aromatic N) is 1. The Labute approximate surface area is 183 Å². The molecule has 1 N–H and O–H groups in total. The molecule has 1 aromatic carbocycles. The lowest BCUT2D eigenvalue weighted by atomic mass is 9.93. The lowest BCUT2D eigenvalue weighted by molar-refractivity contribution is -0.136. The predicted octanol–water partition coefficient (Wildman–Crippen LogP) is 5.12. The highest BCUT2D eigenvalue weighted by molar-refractivity contribution is 7.10. The van der Waals surface area contributed by atoms with Crippen LogP contribution in [0.1, 0.15) is 73.9 Å². The topological polar surface area (TPSA) is 49.4 Å². The van der Waals surface area contributed by atoms with Crippen LogP contribution in [-0.4, -0.2) is 29.8 Å². The Hall–Kier alpha value is -2.14. The minimum absolute atomic E-state index is 0.0184. The summed E-state index contributed by atoms with van der Waals surface area (Å²) < 4.78 is 0. The summed E-state index contributed by atoms with van der Waals surface area (Å²) in [6, 6.07) is 12.7. The lowest BCUT2D eigenvalue weighted by Crippen LogP contribution is -2.44. The zero-order valence-corrected chi connectivity index (χ0v) is 18.8.